The Morgan fingerprint density at radius 3 is 2.30 bits per heavy atom. The van der Waals surface area contributed by atoms with Gasteiger partial charge in [-0.2, -0.15) is 18.4 Å². The zero-order chi connectivity index (χ0) is 17.0. The van der Waals surface area contributed by atoms with E-state index < -0.39 is 29.5 Å². The topological polar surface area (TPSA) is 55.1 Å². The number of alkyl halides is 3. The minimum atomic E-state index is -4.68. The first kappa shape index (κ1) is 16.5. The van der Waals surface area contributed by atoms with Gasteiger partial charge >= 0.3 is 6.18 Å². The van der Waals surface area contributed by atoms with Crippen molar-refractivity contribution in [1.82, 2.24) is 4.98 Å². The Morgan fingerprint density at radius 1 is 1.17 bits per heavy atom. The lowest BCUT2D eigenvalue weighted by Crippen LogP contribution is -2.08. The molecule has 0 bridgehead atoms. The first-order valence-electron chi connectivity index (χ1n) is 6.36. The molecule has 1 aromatic carbocycles. The second kappa shape index (κ2) is 6.52. The number of hydrogen-bond donors (Lipinski definition) is 0. The number of nitriles is 1. The van der Waals surface area contributed by atoms with Gasteiger partial charge < -0.3 is 9.47 Å². The van der Waals surface area contributed by atoms with Gasteiger partial charge in [0.15, 0.2) is 11.9 Å². The van der Waals surface area contributed by atoms with Crippen LogP contribution in [0.2, 0.25) is 0 Å². The van der Waals surface area contributed by atoms with Crippen molar-refractivity contribution in [1.29, 1.82) is 5.26 Å². The van der Waals surface area contributed by atoms with Crippen LogP contribution in [-0.2, 0) is 6.18 Å². The molecular weight excluding hydrogens is 316 g/mol. The van der Waals surface area contributed by atoms with E-state index in [2.05, 4.69) is 4.98 Å². The highest BCUT2D eigenvalue weighted by molar-refractivity contribution is 5.34. The van der Waals surface area contributed by atoms with Gasteiger partial charge in [0, 0.05) is 6.20 Å². The van der Waals surface area contributed by atoms with Crippen LogP contribution in [0.5, 0.6) is 17.4 Å². The van der Waals surface area contributed by atoms with Crippen molar-refractivity contribution in [2.24, 2.45) is 0 Å². The third-order valence-electron chi connectivity index (χ3n) is 2.67. The molecule has 0 aliphatic carbocycles. The van der Waals surface area contributed by atoms with E-state index in [0.717, 1.165) is 0 Å². The summed E-state index contributed by atoms with van der Waals surface area (Å²) in [6, 6.07) is 7.99. The predicted molar refractivity (Wildman–Crippen MR) is 71.4 cm³/mol. The maximum Gasteiger partial charge on any atom is 0.417 e. The maximum absolute atomic E-state index is 13.6. The van der Waals surface area contributed by atoms with Crippen molar-refractivity contribution in [3.63, 3.8) is 0 Å². The minimum Gasteiger partial charge on any atom is -0.476 e. The Balaban J connectivity index is 2.12. The Kier molecular flexibility index (Phi) is 4.69. The molecule has 0 spiro atoms. The fourth-order valence-corrected chi connectivity index (χ4v) is 1.58. The number of pyridine rings is 1. The largest absolute Gasteiger partial charge is 0.476 e. The number of rotatable bonds is 4. The van der Waals surface area contributed by atoms with E-state index in [-0.39, 0.29) is 5.75 Å². The highest BCUT2D eigenvalue weighted by atomic mass is 19.4. The van der Waals surface area contributed by atoms with E-state index in [0.29, 0.717) is 18.0 Å². The number of aromatic nitrogens is 1. The van der Waals surface area contributed by atoms with E-state index in [9.17, 15) is 17.6 Å². The maximum atomic E-state index is 13.6. The first-order valence-corrected chi connectivity index (χ1v) is 6.36. The Labute approximate surface area is 128 Å². The lowest BCUT2D eigenvalue weighted by molar-refractivity contribution is -0.138. The second-order valence-electron chi connectivity index (χ2n) is 4.47. The highest BCUT2D eigenvalue weighted by Crippen LogP contribution is 2.32. The van der Waals surface area contributed by atoms with Crippen molar-refractivity contribution < 1.29 is 27.0 Å². The van der Waals surface area contributed by atoms with E-state index in [1.807, 2.05) is 6.07 Å². The molecule has 8 heteroatoms. The van der Waals surface area contributed by atoms with Crippen molar-refractivity contribution in [3.05, 3.63) is 47.9 Å². The van der Waals surface area contributed by atoms with Gasteiger partial charge in [-0.25, -0.2) is 9.37 Å². The van der Waals surface area contributed by atoms with Gasteiger partial charge in [-0.1, -0.05) is 0 Å². The number of nitrogens with zero attached hydrogens (tertiary/aromatic N) is 2. The van der Waals surface area contributed by atoms with Crippen LogP contribution in [0.3, 0.4) is 0 Å². The summed E-state index contributed by atoms with van der Waals surface area (Å²) in [5.74, 6) is -1.24. The van der Waals surface area contributed by atoms with Gasteiger partial charge in [0.1, 0.15) is 17.6 Å². The number of benzene rings is 1. The Morgan fingerprint density at radius 2 is 1.78 bits per heavy atom. The molecule has 0 radical (unpaired) electrons. The summed E-state index contributed by atoms with van der Waals surface area (Å²) in [5, 5.41) is 8.63. The van der Waals surface area contributed by atoms with Crippen LogP contribution < -0.4 is 9.47 Å². The third kappa shape index (κ3) is 4.32. The van der Waals surface area contributed by atoms with Crippen LogP contribution in [0.1, 0.15) is 12.5 Å². The highest BCUT2D eigenvalue weighted by Gasteiger charge is 2.32. The molecule has 4 nitrogen and oxygen atoms in total. The monoisotopic (exact) mass is 326 g/mol. The molecular formula is C15H10F4N2O2. The zero-order valence-electron chi connectivity index (χ0n) is 11.8. The van der Waals surface area contributed by atoms with Crippen molar-refractivity contribution in [2.45, 2.75) is 19.2 Å². The van der Waals surface area contributed by atoms with Crippen LogP contribution >= 0.6 is 0 Å². The number of hydrogen-bond acceptors (Lipinski definition) is 4. The minimum absolute atomic E-state index is 0.160. The molecule has 1 aromatic heterocycles. The van der Waals surface area contributed by atoms with Crippen LogP contribution in [0.25, 0.3) is 0 Å². The van der Waals surface area contributed by atoms with Gasteiger partial charge in [-0.3, -0.25) is 0 Å². The third-order valence-corrected chi connectivity index (χ3v) is 2.67. The molecule has 1 atom stereocenters. The molecule has 0 N–H and O–H groups in total. The molecule has 0 saturated heterocycles. The van der Waals surface area contributed by atoms with Crippen molar-refractivity contribution in [2.75, 3.05) is 0 Å². The van der Waals surface area contributed by atoms with Gasteiger partial charge in [-0.15, -0.1) is 0 Å². The first-order chi connectivity index (χ1) is 10.8. The van der Waals surface area contributed by atoms with Crippen LogP contribution in [-0.4, -0.2) is 11.1 Å². The average molecular weight is 326 g/mol. The van der Waals surface area contributed by atoms with Crippen molar-refractivity contribution in [3.8, 4) is 23.4 Å². The van der Waals surface area contributed by atoms with Gasteiger partial charge in [-0.05, 0) is 37.3 Å². The molecule has 2 aromatic rings. The fourth-order valence-electron chi connectivity index (χ4n) is 1.58. The van der Waals surface area contributed by atoms with E-state index in [4.69, 9.17) is 14.7 Å². The molecule has 1 heterocycles. The standard InChI is InChI=1S/C15H10F4N2O2/c1-9(7-20)22-11-2-4-12(5-3-11)23-14-13(16)6-10(8-21-14)15(17,18)19/h2-6,8-9H,1H3. The Bertz CT molecular complexity index is 724. The van der Waals surface area contributed by atoms with Gasteiger partial charge in [0.05, 0.1) is 5.56 Å². The normalized spacial score (nSPS) is 12.3. The summed E-state index contributed by atoms with van der Waals surface area (Å²) >= 11 is 0. The van der Waals surface area contributed by atoms with E-state index in [1.54, 1.807) is 6.92 Å². The molecule has 23 heavy (non-hydrogen) atoms. The zero-order valence-corrected chi connectivity index (χ0v) is 11.8. The summed E-state index contributed by atoms with van der Waals surface area (Å²) in [5.41, 5.74) is -1.20. The molecule has 0 amide bonds. The summed E-state index contributed by atoms with van der Waals surface area (Å²) in [6.45, 7) is 1.56. The smallest absolute Gasteiger partial charge is 0.417 e. The SMILES string of the molecule is CC(C#N)Oc1ccc(Oc2ncc(C(F)(F)F)cc2F)cc1. The molecule has 0 fully saturated rings. The van der Waals surface area contributed by atoms with Gasteiger partial charge in [0.2, 0.25) is 0 Å². The summed E-state index contributed by atoms with van der Waals surface area (Å²) < 4.78 is 61.2. The molecule has 0 aliphatic heterocycles. The second-order valence-corrected chi connectivity index (χ2v) is 4.47. The van der Waals surface area contributed by atoms with E-state index in [1.165, 1.54) is 24.3 Å². The molecule has 1 unspecified atom stereocenters. The molecule has 120 valence electrons. The van der Waals surface area contributed by atoms with Crippen LogP contribution in [0.4, 0.5) is 17.6 Å². The fraction of sp³-hybridized carbons (Fsp3) is 0.200. The number of halogens is 4. The number of ether oxygens (including phenoxy) is 2. The van der Waals surface area contributed by atoms with Gasteiger partial charge in [0.25, 0.3) is 5.88 Å². The average Bonchev–Trinajstić information content (AvgIpc) is 2.50. The van der Waals surface area contributed by atoms with E-state index >= 15 is 0 Å². The molecule has 0 aliphatic rings. The summed E-state index contributed by atoms with van der Waals surface area (Å²) in [7, 11) is 0. The lowest BCUT2D eigenvalue weighted by Gasteiger charge is -2.10. The lowest BCUT2D eigenvalue weighted by atomic mass is 10.2. The predicted octanol–water partition coefficient (Wildman–Crippen LogP) is 4.32. The quantitative estimate of drug-likeness (QED) is 0.785. The van der Waals surface area contributed by atoms with Crippen molar-refractivity contribution >= 4 is 0 Å². The Hall–Kier alpha value is -2.82. The summed E-state index contributed by atoms with van der Waals surface area (Å²) in [6.07, 6.45) is -4.83. The van der Waals surface area contributed by atoms with Crippen LogP contribution in [0.15, 0.2) is 36.5 Å². The molecule has 2 rings (SSSR count). The molecule has 0 saturated carbocycles. The van der Waals surface area contributed by atoms with Crippen LogP contribution in [0, 0.1) is 17.1 Å². The summed E-state index contributed by atoms with van der Waals surface area (Å²) in [4.78, 5) is 3.33.